The fraction of sp³-hybridized carbons (Fsp3) is 0.409. The summed E-state index contributed by atoms with van der Waals surface area (Å²) < 4.78 is 10.7. The minimum absolute atomic E-state index is 0.159. The van der Waals surface area contributed by atoms with Crippen molar-refractivity contribution in [2.75, 3.05) is 27.3 Å². The van der Waals surface area contributed by atoms with Crippen molar-refractivity contribution in [1.29, 1.82) is 0 Å². The number of methoxy groups -OCH3 is 2. The highest BCUT2D eigenvalue weighted by molar-refractivity contribution is 5.80. The molecule has 1 saturated heterocycles. The van der Waals surface area contributed by atoms with Gasteiger partial charge in [-0.2, -0.15) is 0 Å². The topological polar surface area (TPSA) is 38.8 Å². The molecule has 0 aliphatic carbocycles. The third-order valence-electron chi connectivity index (χ3n) is 5.24. The highest BCUT2D eigenvalue weighted by Gasteiger charge is 2.26. The molecule has 0 radical (unpaired) electrons. The van der Waals surface area contributed by atoms with Gasteiger partial charge in [0.25, 0.3) is 0 Å². The third-order valence-corrected chi connectivity index (χ3v) is 5.24. The Labute approximate surface area is 155 Å². The van der Waals surface area contributed by atoms with Gasteiger partial charge in [-0.3, -0.25) is 4.79 Å². The Morgan fingerprint density at radius 1 is 1.15 bits per heavy atom. The number of likely N-dealkylation sites (tertiary alicyclic amines) is 1. The molecule has 4 nitrogen and oxygen atoms in total. The summed E-state index contributed by atoms with van der Waals surface area (Å²) in [6.45, 7) is 3.78. The van der Waals surface area contributed by atoms with Crippen molar-refractivity contribution in [3.8, 4) is 11.5 Å². The highest BCUT2D eigenvalue weighted by atomic mass is 16.5. The number of aryl methyl sites for hydroxylation is 1. The maximum absolute atomic E-state index is 12.9. The summed E-state index contributed by atoms with van der Waals surface area (Å²) in [6, 6.07) is 14.1. The van der Waals surface area contributed by atoms with Crippen LogP contribution in [0, 0.1) is 6.92 Å². The van der Waals surface area contributed by atoms with Crippen molar-refractivity contribution in [1.82, 2.24) is 4.90 Å². The zero-order valence-electron chi connectivity index (χ0n) is 15.8. The number of hydrogen-bond donors (Lipinski definition) is 0. The molecule has 26 heavy (non-hydrogen) atoms. The van der Waals surface area contributed by atoms with E-state index in [9.17, 15) is 4.79 Å². The van der Waals surface area contributed by atoms with Gasteiger partial charge in [-0.05, 0) is 37.0 Å². The Morgan fingerprint density at radius 3 is 2.69 bits per heavy atom. The zero-order chi connectivity index (χ0) is 18.5. The lowest BCUT2D eigenvalue weighted by atomic mass is 9.88. The van der Waals surface area contributed by atoms with E-state index in [1.54, 1.807) is 14.2 Å². The second kappa shape index (κ2) is 8.26. The molecule has 138 valence electrons. The number of nitrogens with zero attached hydrogens (tertiary/aromatic N) is 1. The Morgan fingerprint density at radius 2 is 1.96 bits per heavy atom. The van der Waals surface area contributed by atoms with Gasteiger partial charge in [0.05, 0.1) is 20.6 Å². The van der Waals surface area contributed by atoms with Gasteiger partial charge in [0.15, 0.2) is 0 Å². The largest absolute Gasteiger partial charge is 0.497 e. The summed E-state index contributed by atoms with van der Waals surface area (Å²) in [4.78, 5) is 14.9. The molecule has 1 aliphatic heterocycles. The van der Waals surface area contributed by atoms with Crippen molar-refractivity contribution in [3.63, 3.8) is 0 Å². The first-order valence-electron chi connectivity index (χ1n) is 9.16. The van der Waals surface area contributed by atoms with E-state index in [4.69, 9.17) is 9.47 Å². The van der Waals surface area contributed by atoms with Crippen molar-refractivity contribution < 1.29 is 14.3 Å². The molecule has 1 unspecified atom stereocenters. The van der Waals surface area contributed by atoms with E-state index in [0.29, 0.717) is 18.1 Å². The van der Waals surface area contributed by atoms with Gasteiger partial charge in [-0.1, -0.05) is 30.3 Å². The second-order valence-corrected chi connectivity index (χ2v) is 6.89. The van der Waals surface area contributed by atoms with Gasteiger partial charge < -0.3 is 14.4 Å². The Bertz CT molecular complexity index is 772. The number of carbonyl (C=O) groups is 1. The molecule has 1 amide bonds. The molecule has 0 aromatic heterocycles. The van der Waals surface area contributed by atoms with E-state index >= 15 is 0 Å². The lowest BCUT2D eigenvalue weighted by molar-refractivity contribution is -0.131. The summed E-state index contributed by atoms with van der Waals surface area (Å²) >= 11 is 0. The van der Waals surface area contributed by atoms with Gasteiger partial charge in [0.2, 0.25) is 5.91 Å². The number of amides is 1. The van der Waals surface area contributed by atoms with Crippen LogP contribution in [-0.2, 0) is 11.2 Å². The van der Waals surface area contributed by atoms with Crippen LogP contribution >= 0.6 is 0 Å². The molecule has 1 atom stereocenters. The standard InChI is InChI=1S/C22H27NO3/c1-16-7-4-5-9-20(16)18-8-6-12-23(15-18)22(24)13-17-10-11-19(25-2)14-21(17)26-3/h4-5,7,9-11,14,18H,6,8,12-13,15H2,1-3H3. The van der Waals surface area contributed by atoms with Crippen molar-refractivity contribution in [3.05, 3.63) is 59.2 Å². The summed E-state index contributed by atoms with van der Waals surface area (Å²) in [7, 11) is 3.25. The SMILES string of the molecule is COc1ccc(CC(=O)N2CCCC(c3ccccc3C)C2)c(OC)c1. The maximum atomic E-state index is 12.9. The molecule has 2 aromatic rings. The van der Waals surface area contributed by atoms with Crippen LogP contribution in [-0.4, -0.2) is 38.1 Å². The summed E-state index contributed by atoms with van der Waals surface area (Å²) in [5.41, 5.74) is 3.58. The van der Waals surface area contributed by atoms with Crippen molar-refractivity contribution >= 4 is 5.91 Å². The average molecular weight is 353 g/mol. The van der Waals surface area contributed by atoms with Crippen LogP contribution in [0.4, 0.5) is 0 Å². The zero-order valence-corrected chi connectivity index (χ0v) is 15.8. The maximum Gasteiger partial charge on any atom is 0.227 e. The molecule has 1 heterocycles. The summed E-state index contributed by atoms with van der Waals surface area (Å²) in [5.74, 6) is 2.01. The fourth-order valence-electron chi connectivity index (χ4n) is 3.77. The minimum atomic E-state index is 0.159. The first-order chi connectivity index (χ1) is 12.6. The average Bonchev–Trinajstić information content (AvgIpc) is 2.68. The van der Waals surface area contributed by atoms with Crippen LogP contribution < -0.4 is 9.47 Å². The second-order valence-electron chi connectivity index (χ2n) is 6.89. The van der Waals surface area contributed by atoms with Gasteiger partial charge >= 0.3 is 0 Å². The quantitative estimate of drug-likeness (QED) is 0.817. The highest BCUT2D eigenvalue weighted by Crippen LogP contribution is 2.30. The molecule has 1 aliphatic rings. The molecule has 1 fully saturated rings. The number of carbonyl (C=O) groups excluding carboxylic acids is 1. The number of hydrogen-bond acceptors (Lipinski definition) is 3. The normalized spacial score (nSPS) is 17.0. The van der Waals surface area contributed by atoms with Crippen LogP contribution in [0.2, 0.25) is 0 Å². The van der Waals surface area contributed by atoms with Crippen LogP contribution in [0.1, 0.15) is 35.4 Å². The van der Waals surface area contributed by atoms with Gasteiger partial charge in [-0.25, -0.2) is 0 Å². The Balaban J connectivity index is 1.71. The monoisotopic (exact) mass is 353 g/mol. The summed E-state index contributed by atoms with van der Waals surface area (Å²) in [5, 5.41) is 0. The molecule has 0 saturated carbocycles. The molecular weight excluding hydrogens is 326 g/mol. The van der Waals surface area contributed by atoms with Crippen molar-refractivity contribution in [2.45, 2.75) is 32.1 Å². The number of rotatable bonds is 5. The molecule has 3 rings (SSSR count). The third kappa shape index (κ3) is 4.01. The molecule has 0 bridgehead atoms. The van der Waals surface area contributed by atoms with Crippen LogP contribution in [0.5, 0.6) is 11.5 Å². The predicted molar refractivity (Wildman–Crippen MR) is 103 cm³/mol. The van der Waals surface area contributed by atoms with Crippen LogP contribution in [0.3, 0.4) is 0 Å². The first-order valence-corrected chi connectivity index (χ1v) is 9.16. The van der Waals surface area contributed by atoms with E-state index in [0.717, 1.165) is 37.2 Å². The smallest absolute Gasteiger partial charge is 0.227 e. The van der Waals surface area contributed by atoms with E-state index in [1.165, 1.54) is 11.1 Å². The minimum Gasteiger partial charge on any atom is -0.497 e. The fourth-order valence-corrected chi connectivity index (χ4v) is 3.77. The van der Waals surface area contributed by atoms with Crippen molar-refractivity contribution in [2.24, 2.45) is 0 Å². The van der Waals surface area contributed by atoms with E-state index < -0.39 is 0 Å². The van der Waals surface area contributed by atoms with Crippen LogP contribution in [0.15, 0.2) is 42.5 Å². The first kappa shape index (κ1) is 18.3. The van der Waals surface area contributed by atoms with Gasteiger partial charge in [-0.15, -0.1) is 0 Å². The molecule has 4 heteroatoms. The van der Waals surface area contributed by atoms with E-state index in [1.807, 2.05) is 23.1 Å². The lowest BCUT2D eigenvalue weighted by Crippen LogP contribution is -2.40. The number of benzene rings is 2. The number of ether oxygens (including phenoxy) is 2. The lowest BCUT2D eigenvalue weighted by Gasteiger charge is -2.34. The number of piperidine rings is 1. The van der Waals surface area contributed by atoms with E-state index in [-0.39, 0.29) is 5.91 Å². The van der Waals surface area contributed by atoms with Gasteiger partial charge in [0.1, 0.15) is 11.5 Å². The molecule has 2 aromatic carbocycles. The molecular formula is C22H27NO3. The Hall–Kier alpha value is -2.49. The summed E-state index contributed by atoms with van der Waals surface area (Å²) in [6.07, 6.45) is 2.54. The van der Waals surface area contributed by atoms with E-state index in [2.05, 4.69) is 31.2 Å². The predicted octanol–water partition coefficient (Wildman–Crippen LogP) is 3.96. The molecule has 0 N–H and O–H groups in total. The van der Waals surface area contributed by atoms with Gasteiger partial charge in [0, 0.05) is 30.6 Å². The Kier molecular flexibility index (Phi) is 5.82. The van der Waals surface area contributed by atoms with Crippen LogP contribution in [0.25, 0.3) is 0 Å². The molecule has 0 spiro atoms.